The van der Waals surface area contributed by atoms with Gasteiger partial charge in [0, 0.05) is 12.4 Å². The Morgan fingerprint density at radius 2 is 2.00 bits per heavy atom. The summed E-state index contributed by atoms with van der Waals surface area (Å²) in [5.74, 6) is 0. The second-order valence-electron chi connectivity index (χ2n) is 3.18. The Balaban J connectivity index is 2.19. The van der Waals surface area contributed by atoms with E-state index in [0.717, 1.165) is 6.54 Å². The summed E-state index contributed by atoms with van der Waals surface area (Å²) in [5.41, 5.74) is 2.66. The van der Waals surface area contributed by atoms with Gasteiger partial charge in [-0.15, -0.1) is 5.10 Å². The predicted octanol–water partition coefficient (Wildman–Crippen LogP) is 2.00. The van der Waals surface area contributed by atoms with Crippen LogP contribution in [0, 0.1) is 13.8 Å². The minimum Gasteiger partial charge on any atom is -0.348 e. The van der Waals surface area contributed by atoms with Gasteiger partial charge in [-0.25, -0.2) is 0 Å². The quantitative estimate of drug-likeness (QED) is 0.730. The monoisotopic (exact) mass is 193 g/mol. The first-order valence-corrected chi connectivity index (χ1v) is 4.92. The van der Waals surface area contributed by atoms with Gasteiger partial charge >= 0.3 is 0 Å². The van der Waals surface area contributed by atoms with Crippen molar-refractivity contribution in [1.29, 1.82) is 0 Å². The fourth-order valence-corrected chi connectivity index (χ4v) is 1.77. The number of hydrogen-bond acceptors (Lipinski definition) is 3. The van der Waals surface area contributed by atoms with Crippen molar-refractivity contribution in [2.24, 2.45) is 0 Å². The molecule has 4 heteroatoms. The van der Waals surface area contributed by atoms with Crippen LogP contribution in [-0.2, 0) is 6.54 Å². The molecule has 0 amide bonds. The van der Waals surface area contributed by atoms with E-state index >= 15 is 0 Å². The molecule has 0 radical (unpaired) electrons. The van der Waals surface area contributed by atoms with Gasteiger partial charge in [0.1, 0.15) is 0 Å². The Morgan fingerprint density at radius 3 is 2.54 bits per heavy atom. The van der Waals surface area contributed by atoms with E-state index in [1.165, 1.54) is 27.5 Å². The van der Waals surface area contributed by atoms with Gasteiger partial charge in [0.05, 0.1) is 17.6 Å². The largest absolute Gasteiger partial charge is 0.348 e. The van der Waals surface area contributed by atoms with E-state index in [4.69, 9.17) is 0 Å². The molecule has 0 aliphatic heterocycles. The lowest BCUT2D eigenvalue weighted by atomic mass is 10.2. The number of hydrogen-bond donors (Lipinski definition) is 0. The molecule has 2 aromatic heterocycles. The normalized spacial score (nSPS) is 10.6. The lowest BCUT2D eigenvalue weighted by Crippen LogP contribution is -1.92. The SMILES string of the molecule is Cc1cn(Cc2cnns2)cc1C. The van der Waals surface area contributed by atoms with Crippen LogP contribution in [0.25, 0.3) is 0 Å². The first kappa shape index (κ1) is 8.44. The fourth-order valence-electron chi connectivity index (χ4n) is 1.27. The lowest BCUT2D eigenvalue weighted by molar-refractivity contribution is 0.813. The molecule has 2 rings (SSSR count). The van der Waals surface area contributed by atoms with E-state index in [-0.39, 0.29) is 0 Å². The van der Waals surface area contributed by atoms with Crippen LogP contribution in [0.3, 0.4) is 0 Å². The highest BCUT2D eigenvalue weighted by Gasteiger charge is 2.00. The van der Waals surface area contributed by atoms with Crippen molar-refractivity contribution in [3.05, 3.63) is 34.6 Å². The van der Waals surface area contributed by atoms with Crippen molar-refractivity contribution >= 4 is 11.5 Å². The molecule has 0 aliphatic carbocycles. The van der Waals surface area contributed by atoms with Gasteiger partial charge < -0.3 is 4.57 Å². The van der Waals surface area contributed by atoms with E-state index in [1.807, 2.05) is 6.20 Å². The Bertz CT molecular complexity index is 369. The summed E-state index contributed by atoms with van der Waals surface area (Å²) < 4.78 is 5.99. The second-order valence-corrected chi connectivity index (χ2v) is 4.05. The summed E-state index contributed by atoms with van der Waals surface area (Å²) >= 11 is 1.45. The van der Waals surface area contributed by atoms with Gasteiger partial charge in [-0.2, -0.15) is 0 Å². The number of nitrogens with zero attached hydrogens (tertiary/aromatic N) is 3. The Hall–Kier alpha value is -1.16. The average molecular weight is 193 g/mol. The van der Waals surface area contributed by atoms with E-state index in [9.17, 15) is 0 Å². The maximum absolute atomic E-state index is 3.83. The number of aryl methyl sites for hydroxylation is 2. The highest BCUT2D eigenvalue weighted by molar-refractivity contribution is 7.05. The Morgan fingerprint density at radius 1 is 1.31 bits per heavy atom. The highest BCUT2D eigenvalue weighted by Crippen LogP contribution is 2.11. The van der Waals surface area contributed by atoms with E-state index < -0.39 is 0 Å². The van der Waals surface area contributed by atoms with E-state index in [0.29, 0.717) is 0 Å². The Kier molecular flexibility index (Phi) is 2.14. The standard InChI is InChI=1S/C9H11N3S/c1-7-4-12(5-8(7)2)6-9-3-10-11-13-9/h3-5H,6H2,1-2H3. The van der Waals surface area contributed by atoms with Gasteiger partial charge in [0.15, 0.2) is 0 Å². The van der Waals surface area contributed by atoms with Crippen LogP contribution in [0.2, 0.25) is 0 Å². The van der Waals surface area contributed by atoms with Crippen LogP contribution in [-0.4, -0.2) is 14.2 Å². The van der Waals surface area contributed by atoms with Crippen molar-refractivity contribution in [3.8, 4) is 0 Å². The van der Waals surface area contributed by atoms with Crippen molar-refractivity contribution in [2.45, 2.75) is 20.4 Å². The molecule has 0 bridgehead atoms. The molecular weight excluding hydrogens is 182 g/mol. The van der Waals surface area contributed by atoms with E-state index in [1.54, 1.807) is 0 Å². The van der Waals surface area contributed by atoms with Gasteiger partial charge in [-0.1, -0.05) is 4.49 Å². The van der Waals surface area contributed by atoms with Crippen molar-refractivity contribution < 1.29 is 0 Å². The topological polar surface area (TPSA) is 30.7 Å². The van der Waals surface area contributed by atoms with Gasteiger partial charge in [-0.3, -0.25) is 0 Å². The zero-order valence-corrected chi connectivity index (χ0v) is 8.51. The maximum Gasteiger partial charge on any atom is 0.0671 e. The van der Waals surface area contributed by atoms with Crippen LogP contribution in [0.1, 0.15) is 16.0 Å². The maximum atomic E-state index is 3.83. The summed E-state index contributed by atoms with van der Waals surface area (Å²) in [7, 11) is 0. The molecule has 2 heterocycles. The molecule has 0 spiro atoms. The molecule has 68 valence electrons. The fraction of sp³-hybridized carbons (Fsp3) is 0.333. The third-order valence-corrected chi connectivity index (χ3v) is 2.73. The summed E-state index contributed by atoms with van der Waals surface area (Å²) in [4.78, 5) is 1.19. The van der Waals surface area contributed by atoms with Crippen LogP contribution in [0.4, 0.5) is 0 Å². The Labute approximate surface area is 81.2 Å². The molecule has 2 aromatic rings. The van der Waals surface area contributed by atoms with Crippen LogP contribution < -0.4 is 0 Å². The minimum absolute atomic E-state index is 0.881. The summed E-state index contributed by atoms with van der Waals surface area (Å²) in [6.07, 6.45) is 6.11. The van der Waals surface area contributed by atoms with Crippen molar-refractivity contribution in [2.75, 3.05) is 0 Å². The molecule has 0 N–H and O–H groups in total. The third-order valence-electron chi connectivity index (χ3n) is 2.09. The predicted molar refractivity (Wildman–Crippen MR) is 52.9 cm³/mol. The smallest absolute Gasteiger partial charge is 0.0671 e. The molecule has 0 fully saturated rings. The molecule has 0 aromatic carbocycles. The zero-order valence-electron chi connectivity index (χ0n) is 7.69. The van der Waals surface area contributed by atoms with Gasteiger partial charge in [0.25, 0.3) is 0 Å². The first-order valence-electron chi connectivity index (χ1n) is 4.15. The second kappa shape index (κ2) is 3.30. The zero-order chi connectivity index (χ0) is 9.26. The van der Waals surface area contributed by atoms with Gasteiger partial charge in [-0.05, 0) is 36.5 Å². The lowest BCUT2D eigenvalue weighted by Gasteiger charge is -1.96. The number of aromatic nitrogens is 3. The third kappa shape index (κ3) is 1.78. The number of rotatable bonds is 2. The first-order chi connectivity index (χ1) is 6.25. The molecular formula is C9H11N3S. The molecule has 0 atom stereocenters. The molecule has 0 aliphatic rings. The molecule has 13 heavy (non-hydrogen) atoms. The molecule has 0 unspecified atom stereocenters. The minimum atomic E-state index is 0.881. The summed E-state index contributed by atoms with van der Waals surface area (Å²) in [6.45, 7) is 5.12. The molecule has 3 nitrogen and oxygen atoms in total. The van der Waals surface area contributed by atoms with Crippen molar-refractivity contribution in [1.82, 2.24) is 14.2 Å². The van der Waals surface area contributed by atoms with Crippen molar-refractivity contribution in [3.63, 3.8) is 0 Å². The van der Waals surface area contributed by atoms with Crippen LogP contribution >= 0.6 is 11.5 Å². The van der Waals surface area contributed by atoms with Gasteiger partial charge in [0.2, 0.25) is 0 Å². The summed E-state index contributed by atoms with van der Waals surface area (Å²) in [5, 5.41) is 3.80. The average Bonchev–Trinajstić information content (AvgIpc) is 2.64. The highest BCUT2D eigenvalue weighted by atomic mass is 32.1. The molecule has 0 saturated heterocycles. The van der Waals surface area contributed by atoms with Crippen LogP contribution in [0.15, 0.2) is 18.6 Å². The molecule has 0 saturated carbocycles. The van der Waals surface area contributed by atoms with E-state index in [2.05, 4.69) is 40.4 Å². The summed E-state index contributed by atoms with van der Waals surface area (Å²) in [6, 6.07) is 0. The van der Waals surface area contributed by atoms with Crippen LogP contribution in [0.5, 0.6) is 0 Å².